The van der Waals surface area contributed by atoms with E-state index in [0.717, 1.165) is 43.4 Å². The Morgan fingerprint density at radius 1 is 1.11 bits per heavy atom. The van der Waals surface area contributed by atoms with Gasteiger partial charge in [-0.25, -0.2) is 0 Å². The van der Waals surface area contributed by atoms with Crippen molar-refractivity contribution in [3.63, 3.8) is 0 Å². The fourth-order valence-electron chi connectivity index (χ4n) is 4.53. The average Bonchev–Trinajstić information content (AvgIpc) is 3.37. The van der Waals surface area contributed by atoms with Gasteiger partial charge in [-0.3, -0.25) is 14.4 Å². The van der Waals surface area contributed by atoms with Gasteiger partial charge in [0.1, 0.15) is 5.41 Å². The third kappa shape index (κ3) is 3.22. The highest BCUT2D eigenvalue weighted by Crippen LogP contribution is 2.64. The van der Waals surface area contributed by atoms with E-state index >= 15 is 0 Å². The lowest BCUT2D eigenvalue weighted by Crippen LogP contribution is -2.61. The molecule has 3 aliphatic rings. The highest BCUT2D eigenvalue weighted by molar-refractivity contribution is 6.03. The van der Waals surface area contributed by atoms with Crippen LogP contribution in [0.25, 0.3) is 0 Å². The van der Waals surface area contributed by atoms with Crippen LogP contribution in [-0.4, -0.2) is 22.9 Å². The van der Waals surface area contributed by atoms with Crippen LogP contribution in [0.5, 0.6) is 0 Å². The van der Waals surface area contributed by atoms with Crippen molar-refractivity contribution in [3.05, 3.63) is 29.8 Å². The molecule has 1 aromatic rings. The Kier molecular flexibility index (Phi) is 4.24. The van der Waals surface area contributed by atoms with Crippen LogP contribution in [0.3, 0.4) is 0 Å². The summed E-state index contributed by atoms with van der Waals surface area (Å²) in [5.41, 5.74) is 0.445. The molecule has 6 heteroatoms. The maximum absolute atomic E-state index is 12.7. The molecule has 0 bridgehead atoms. The average molecular weight is 370 g/mol. The number of carboxylic acid groups (broad SMARTS) is 1. The number of benzene rings is 1. The minimum Gasteiger partial charge on any atom is -0.480 e. The van der Waals surface area contributed by atoms with Crippen LogP contribution < -0.4 is 10.6 Å². The molecule has 3 saturated carbocycles. The number of carboxylic acids is 1. The number of aliphatic carboxylic acids is 1. The number of hydrogen-bond donors (Lipinski definition) is 3. The quantitative estimate of drug-likeness (QED) is 0.670. The molecule has 6 nitrogen and oxygen atoms in total. The first-order chi connectivity index (χ1) is 12.8. The van der Waals surface area contributed by atoms with Crippen LogP contribution >= 0.6 is 0 Å². The van der Waals surface area contributed by atoms with Crippen LogP contribution in [0.4, 0.5) is 5.69 Å². The van der Waals surface area contributed by atoms with Crippen molar-refractivity contribution in [1.29, 1.82) is 0 Å². The van der Waals surface area contributed by atoms with E-state index < -0.39 is 11.4 Å². The number of carbonyl (C=O) groups is 3. The molecule has 1 spiro atoms. The van der Waals surface area contributed by atoms with Crippen molar-refractivity contribution in [1.82, 2.24) is 5.32 Å². The molecule has 2 amide bonds. The second-order valence-corrected chi connectivity index (χ2v) is 8.68. The van der Waals surface area contributed by atoms with Gasteiger partial charge in [-0.05, 0) is 68.6 Å². The highest BCUT2D eigenvalue weighted by atomic mass is 16.4. The lowest BCUT2D eigenvalue weighted by atomic mass is 9.45. The molecule has 3 fully saturated rings. The van der Waals surface area contributed by atoms with Gasteiger partial charge in [-0.15, -0.1) is 0 Å². The molecule has 27 heavy (non-hydrogen) atoms. The van der Waals surface area contributed by atoms with E-state index in [0.29, 0.717) is 12.8 Å². The van der Waals surface area contributed by atoms with Crippen LogP contribution in [0, 0.1) is 16.7 Å². The maximum atomic E-state index is 12.7. The van der Waals surface area contributed by atoms with E-state index in [1.807, 2.05) is 31.2 Å². The second-order valence-electron chi connectivity index (χ2n) is 8.68. The van der Waals surface area contributed by atoms with Crippen molar-refractivity contribution in [2.75, 3.05) is 5.32 Å². The number of anilines is 1. The number of amides is 2. The van der Waals surface area contributed by atoms with E-state index in [1.165, 1.54) is 0 Å². The molecular weight excluding hydrogens is 344 g/mol. The van der Waals surface area contributed by atoms with Crippen LogP contribution in [0.2, 0.25) is 0 Å². The zero-order chi connectivity index (χ0) is 19.2. The summed E-state index contributed by atoms with van der Waals surface area (Å²) in [6.07, 6.45) is 6.05. The third-order valence-electron chi connectivity index (χ3n) is 6.59. The Hall–Kier alpha value is -2.37. The van der Waals surface area contributed by atoms with Gasteiger partial charge < -0.3 is 15.7 Å². The molecule has 144 valence electrons. The van der Waals surface area contributed by atoms with E-state index in [2.05, 4.69) is 10.6 Å². The molecule has 0 heterocycles. The smallest absolute Gasteiger partial charge is 0.319 e. The number of rotatable bonds is 6. The molecule has 0 aliphatic heterocycles. The summed E-state index contributed by atoms with van der Waals surface area (Å²) in [5, 5.41) is 15.4. The fraction of sp³-hybridized carbons (Fsp3) is 0.571. The summed E-state index contributed by atoms with van der Waals surface area (Å²) in [5.74, 6) is -1.19. The van der Waals surface area contributed by atoms with E-state index in [9.17, 15) is 19.5 Å². The largest absolute Gasteiger partial charge is 0.480 e. The first-order valence-corrected chi connectivity index (χ1v) is 9.79. The van der Waals surface area contributed by atoms with Gasteiger partial charge in [-0.1, -0.05) is 18.6 Å². The molecule has 1 aromatic carbocycles. The SMILES string of the molecule is CC(NC(=O)C1(C(=O)O)CC2(CCC2)C1)c1ccc(NC(=O)C2CC2)cc1. The molecule has 0 saturated heterocycles. The van der Waals surface area contributed by atoms with Gasteiger partial charge in [0, 0.05) is 11.6 Å². The van der Waals surface area contributed by atoms with Gasteiger partial charge in [-0.2, -0.15) is 0 Å². The van der Waals surface area contributed by atoms with Crippen molar-refractivity contribution in [3.8, 4) is 0 Å². The van der Waals surface area contributed by atoms with Gasteiger partial charge in [0.05, 0.1) is 6.04 Å². The fourth-order valence-corrected chi connectivity index (χ4v) is 4.53. The van der Waals surface area contributed by atoms with Crippen LogP contribution in [0.1, 0.15) is 63.5 Å². The predicted octanol–water partition coefficient (Wildman–Crippen LogP) is 3.25. The Balaban J connectivity index is 1.37. The van der Waals surface area contributed by atoms with E-state index in [-0.39, 0.29) is 29.2 Å². The number of nitrogens with one attached hydrogen (secondary N) is 2. The summed E-state index contributed by atoms with van der Waals surface area (Å²) < 4.78 is 0. The van der Waals surface area contributed by atoms with Gasteiger partial charge in [0.25, 0.3) is 0 Å². The second kappa shape index (κ2) is 6.36. The standard InChI is InChI=1S/C21H26N2O4/c1-13(14-5-7-16(8-6-14)23-17(24)15-3-4-15)22-18(25)21(19(26)27)11-20(12-21)9-2-10-20/h5-8,13,15H,2-4,9-12H2,1H3,(H,22,25)(H,23,24)(H,26,27). The van der Waals surface area contributed by atoms with Gasteiger partial charge in [0.15, 0.2) is 0 Å². The van der Waals surface area contributed by atoms with E-state index in [4.69, 9.17) is 0 Å². The molecule has 0 aromatic heterocycles. The molecule has 4 rings (SSSR count). The van der Waals surface area contributed by atoms with Crippen LogP contribution in [-0.2, 0) is 14.4 Å². The zero-order valence-electron chi connectivity index (χ0n) is 15.6. The monoisotopic (exact) mass is 370 g/mol. The lowest BCUT2D eigenvalue weighted by molar-refractivity contribution is -0.181. The summed E-state index contributed by atoms with van der Waals surface area (Å²) >= 11 is 0. The Labute approximate surface area is 158 Å². The summed E-state index contributed by atoms with van der Waals surface area (Å²) in [7, 11) is 0. The van der Waals surface area contributed by atoms with E-state index in [1.54, 1.807) is 0 Å². The Morgan fingerprint density at radius 3 is 2.22 bits per heavy atom. The molecule has 3 N–H and O–H groups in total. The topological polar surface area (TPSA) is 95.5 Å². The summed E-state index contributed by atoms with van der Waals surface area (Å²) in [4.78, 5) is 36.4. The minimum atomic E-state index is -1.27. The highest BCUT2D eigenvalue weighted by Gasteiger charge is 2.65. The predicted molar refractivity (Wildman–Crippen MR) is 99.9 cm³/mol. The molecular formula is C21H26N2O4. The third-order valence-corrected chi connectivity index (χ3v) is 6.59. The lowest BCUT2D eigenvalue weighted by Gasteiger charge is -2.58. The molecule has 3 aliphatic carbocycles. The molecule has 1 atom stereocenters. The zero-order valence-corrected chi connectivity index (χ0v) is 15.6. The Morgan fingerprint density at radius 2 is 1.74 bits per heavy atom. The van der Waals surface area contributed by atoms with Gasteiger partial charge in [0.2, 0.25) is 11.8 Å². The summed E-state index contributed by atoms with van der Waals surface area (Å²) in [6.45, 7) is 1.85. The van der Waals surface area contributed by atoms with Crippen molar-refractivity contribution in [2.24, 2.45) is 16.7 Å². The number of carbonyl (C=O) groups excluding carboxylic acids is 2. The normalized spacial score (nSPS) is 22.9. The maximum Gasteiger partial charge on any atom is 0.319 e. The summed E-state index contributed by atoms with van der Waals surface area (Å²) in [6, 6.07) is 7.06. The Bertz CT molecular complexity index is 770. The van der Waals surface area contributed by atoms with Crippen molar-refractivity contribution >= 4 is 23.5 Å². The van der Waals surface area contributed by atoms with Crippen molar-refractivity contribution in [2.45, 2.75) is 57.9 Å². The van der Waals surface area contributed by atoms with Crippen LogP contribution in [0.15, 0.2) is 24.3 Å². The van der Waals surface area contributed by atoms with Crippen molar-refractivity contribution < 1.29 is 19.5 Å². The molecule has 1 unspecified atom stereocenters. The van der Waals surface area contributed by atoms with Gasteiger partial charge >= 0.3 is 5.97 Å². The first-order valence-electron chi connectivity index (χ1n) is 9.79. The molecule has 0 radical (unpaired) electrons. The minimum absolute atomic E-state index is 0.0578. The first kappa shape index (κ1) is 18.0. The number of hydrogen-bond acceptors (Lipinski definition) is 3.